The zero-order chi connectivity index (χ0) is 20.7. The minimum Gasteiger partial charge on any atom is -0.388 e. The van der Waals surface area contributed by atoms with Gasteiger partial charge in [0, 0.05) is 18.3 Å². The third-order valence-corrected chi connectivity index (χ3v) is 11.2. The number of hydrogen-bond acceptors (Lipinski definition) is 4. The SMILES string of the molecule is C[C@H]1C[C@H]2[C@@H]3CC[C@H]4CC(=O)CC[C@]4(C)[C@@]3(Cl)[C@@H](Cl)C[C@]2(C)[C@@]1(O)C(=O)CO. The van der Waals surface area contributed by atoms with Gasteiger partial charge in [-0.1, -0.05) is 20.8 Å². The van der Waals surface area contributed by atoms with Gasteiger partial charge in [-0.05, 0) is 61.2 Å². The summed E-state index contributed by atoms with van der Waals surface area (Å²) in [5.74, 6) is -0.00315. The fourth-order valence-corrected chi connectivity index (χ4v) is 9.35. The first-order valence-corrected chi connectivity index (χ1v) is 11.5. The Kier molecular flexibility index (Phi) is 4.83. The van der Waals surface area contributed by atoms with Crippen molar-refractivity contribution in [1.29, 1.82) is 0 Å². The molecule has 4 fully saturated rings. The van der Waals surface area contributed by atoms with Gasteiger partial charge in [0.15, 0.2) is 5.78 Å². The Morgan fingerprint density at radius 2 is 1.89 bits per heavy atom. The molecule has 2 N–H and O–H groups in total. The highest BCUT2D eigenvalue weighted by Gasteiger charge is 2.75. The lowest BCUT2D eigenvalue weighted by Crippen LogP contribution is -2.69. The zero-order valence-electron chi connectivity index (χ0n) is 17.0. The first-order valence-electron chi connectivity index (χ1n) is 10.7. The Balaban J connectivity index is 1.79. The monoisotopic (exact) mass is 430 g/mol. The number of hydrogen-bond donors (Lipinski definition) is 2. The molecule has 9 atom stereocenters. The van der Waals surface area contributed by atoms with Crippen LogP contribution >= 0.6 is 23.2 Å². The van der Waals surface area contributed by atoms with Crippen molar-refractivity contribution in [2.24, 2.45) is 34.5 Å². The van der Waals surface area contributed by atoms with E-state index >= 15 is 0 Å². The number of halogens is 2. The molecule has 4 aliphatic rings. The lowest BCUT2D eigenvalue weighted by Gasteiger charge is -2.66. The minimum atomic E-state index is -1.57. The van der Waals surface area contributed by atoms with E-state index in [4.69, 9.17) is 23.2 Å². The van der Waals surface area contributed by atoms with E-state index in [0.717, 1.165) is 19.3 Å². The van der Waals surface area contributed by atoms with Crippen LogP contribution in [0.1, 0.15) is 65.7 Å². The highest BCUT2D eigenvalue weighted by molar-refractivity contribution is 6.33. The molecule has 158 valence electrons. The number of ketones is 2. The highest BCUT2D eigenvalue weighted by atomic mass is 35.5. The highest BCUT2D eigenvalue weighted by Crippen LogP contribution is 2.73. The molecule has 4 nitrogen and oxygen atoms in total. The van der Waals surface area contributed by atoms with Crippen molar-refractivity contribution in [2.75, 3.05) is 6.61 Å². The second-order valence-corrected chi connectivity index (χ2v) is 11.6. The zero-order valence-corrected chi connectivity index (χ0v) is 18.5. The first kappa shape index (κ1) is 21.1. The summed E-state index contributed by atoms with van der Waals surface area (Å²) in [5.41, 5.74) is -2.49. The summed E-state index contributed by atoms with van der Waals surface area (Å²) in [6.45, 7) is 5.43. The molecule has 0 aromatic heterocycles. The molecule has 0 aliphatic heterocycles. The van der Waals surface area contributed by atoms with Gasteiger partial charge >= 0.3 is 0 Å². The molecule has 0 bridgehead atoms. The van der Waals surface area contributed by atoms with Crippen LogP contribution in [0.2, 0.25) is 0 Å². The van der Waals surface area contributed by atoms with Crippen LogP contribution < -0.4 is 0 Å². The van der Waals surface area contributed by atoms with Gasteiger partial charge in [-0.25, -0.2) is 0 Å². The summed E-state index contributed by atoms with van der Waals surface area (Å²) < 4.78 is 0. The van der Waals surface area contributed by atoms with Gasteiger partial charge in [0.25, 0.3) is 0 Å². The van der Waals surface area contributed by atoms with Crippen LogP contribution in [0.5, 0.6) is 0 Å². The third kappa shape index (κ3) is 2.27. The molecule has 0 aromatic rings. The van der Waals surface area contributed by atoms with E-state index in [2.05, 4.69) is 6.92 Å². The van der Waals surface area contributed by atoms with Crippen molar-refractivity contribution in [3.63, 3.8) is 0 Å². The lowest BCUT2D eigenvalue weighted by molar-refractivity contribution is -0.173. The largest absolute Gasteiger partial charge is 0.388 e. The maximum atomic E-state index is 12.7. The molecule has 0 amide bonds. The first-order chi connectivity index (χ1) is 13.0. The van der Waals surface area contributed by atoms with Crippen LogP contribution in [-0.4, -0.2) is 44.2 Å². The van der Waals surface area contributed by atoms with Gasteiger partial charge in [0.05, 0.1) is 10.3 Å². The van der Waals surface area contributed by atoms with E-state index in [1.807, 2.05) is 13.8 Å². The molecule has 0 radical (unpaired) electrons. The molecule has 0 saturated heterocycles. The number of carbonyl (C=O) groups is 2. The molecule has 4 aliphatic carbocycles. The van der Waals surface area contributed by atoms with Gasteiger partial charge in [-0.2, -0.15) is 0 Å². The standard InChI is InChI=1S/C22H32Cl2O4/c1-12-8-16-15-5-4-13-9-14(26)6-7-19(13,2)21(15,24)17(23)10-20(16,3)22(12,28)18(27)11-25/h12-13,15-17,25,28H,4-11H2,1-3H3/t12-,13-,15-,16-,17-,19-,20-,21-,22-/m0/s1. The molecule has 0 spiro atoms. The summed E-state index contributed by atoms with van der Waals surface area (Å²) in [4.78, 5) is 24.1. The van der Waals surface area contributed by atoms with E-state index in [0.29, 0.717) is 31.5 Å². The van der Waals surface area contributed by atoms with Crippen molar-refractivity contribution in [1.82, 2.24) is 0 Å². The average molecular weight is 431 g/mol. The fraction of sp³-hybridized carbons (Fsp3) is 0.909. The minimum absolute atomic E-state index is 0.0749. The summed E-state index contributed by atoms with van der Waals surface area (Å²) in [6, 6.07) is 0. The summed E-state index contributed by atoms with van der Waals surface area (Å²) in [7, 11) is 0. The molecular weight excluding hydrogens is 399 g/mol. The second kappa shape index (κ2) is 6.42. The number of carbonyl (C=O) groups excluding carboxylic acids is 2. The van der Waals surface area contributed by atoms with Crippen molar-refractivity contribution >= 4 is 34.8 Å². The number of aliphatic hydroxyl groups excluding tert-OH is 1. The van der Waals surface area contributed by atoms with Gasteiger partial charge in [-0.3, -0.25) is 9.59 Å². The predicted molar refractivity (Wildman–Crippen MR) is 108 cm³/mol. The number of alkyl halides is 2. The van der Waals surface area contributed by atoms with Crippen LogP contribution in [0.15, 0.2) is 0 Å². The molecule has 0 heterocycles. The molecule has 4 rings (SSSR count). The quantitative estimate of drug-likeness (QED) is 0.654. The summed E-state index contributed by atoms with van der Waals surface area (Å²) in [5, 5.41) is 20.7. The molecule has 6 heteroatoms. The maximum Gasteiger partial charge on any atom is 0.190 e. The van der Waals surface area contributed by atoms with Crippen molar-refractivity contribution in [3.8, 4) is 0 Å². The van der Waals surface area contributed by atoms with Crippen LogP contribution in [0.3, 0.4) is 0 Å². The lowest BCUT2D eigenvalue weighted by atomic mass is 9.43. The van der Waals surface area contributed by atoms with Crippen molar-refractivity contribution in [3.05, 3.63) is 0 Å². The molecular formula is C22H32Cl2O4. The van der Waals surface area contributed by atoms with Gasteiger partial charge in [0.1, 0.15) is 18.0 Å². The van der Waals surface area contributed by atoms with Crippen LogP contribution in [0.4, 0.5) is 0 Å². The molecule has 28 heavy (non-hydrogen) atoms. The second-order valence-electron chi connectivity index (χ2n) is 10.5. The Bertz CT molecular complexity index is 713. The molecule has 4 saturated carbocycles. The van der Waals surface area contributed by atoms with Crippen molar-refractivity contribution in [2.45, 2.75) is 81.6 Å². The number of fused-ring (bicyclic) bond motifs is 5. The van der Waals surface area contributed by atoms with Crippen molar-refractivity contribution < 1.29 is 19.8 Å². The Morgan fingerprint density at radius 3 is 2.54 bits per heavy atom. The normalized spacial score (nSPS) is 56.0. The van der Waals surface area contributed by atoms with E-state index in [1.54, 1.807) is 0 Å². The Morgan fingerprint density at radius 1 is 1.21 bits per heavy atom. The van der Waals surface area contributed by atoms with E-state index in [1.165, 1.54) is 0 Å². The third-order valence-electron chi connectivity index (χ3n) is 9.66. The van der Waals surface area contributed by atoms with Gasteiger partial charge in [-0.15, -0.1) is 23.2 Å². The number of Topliss-reactive ketones (excluding diaryl/α,β-unsaturated/α-hetero) is 2. The van der Waals surface area contributed by atoms with Crippen LogP contribution in [-0.2, 0) is 9.59 Å². The topological polar surface area (TPSA) is 74.6 Å². The predicted octanol–water partition coefficient (Wildman–Crippen LogP) is 3.72. The fourth-order valence-electron chi connectivity index (χ4n) is 8.04. The van der Waals surface area contributed by atoms with E-state index in [9.17, 15) is 19.8 Å². The van der Waals surface area contributed by atoms with Gasteiger partial charge < -0.3 is 10.2 Å². The Hall–Kier alpha value is -0.160. The van der Waals surface area contributed by atoms with Crippen LogP contribution in [0, 0.1) is 34.5 Å². The van der Waals surface area contributed by atoms with E-state index in [-0.39, 0.29) is 29.1 Å². The number of rotatable bonds is 2. The van der Waals surface area contributed by atoms with E-state index < -0.39 is 33.7 Å². The van der Waals surface area contributed by atoms with Gasteiger partial charge in [0.2, 0.25) is 0 Å². The summed E-state index contributed by atoms with van der Waals surface area (Å²) in [6.07, 6.45) is 4.88. The molecule has 0 aromatic carbocycles. The Labute approximate surface area is 177 Å². The summed E-state index contributed by atoms with van der Waals surface area (Å²) >= 11 is 14.6. The number of aliphatic hydroxyl groups is 2. The molecule has 0 unspecified atom stereocenters. The maximum absolute atomic E-state index is 12.7. The smallest absolute Gasteiger partial charge is 0.190 e. The average Bonchev–Trinajstić information content (AvgIpc) is 2.84. The van der Waals surface area contributed by atoms with Crippen LogP contribution in [0.25, 0.3) is 0 Å².